The Morgan fingerprint density at radius 3 is 2.73 bits per heavy atom. The van der Waals surface area contributed by atoms with Gasteiger partial charge in [-0.2, -0.15) is 0 Å². The van der Waals surface area contributed by atoms with E-state index in [1.54, 1.807) is 13.3 Å². The lowest BCUT2D eigenvalue weighted by atomic mass is 10.1. The average Bonchev–Trinajstić information content (AvgIpc) is 3.11. The Morgan fingerprint density at radius 1 is 1.04 bits per heavy atom. The van der Waals surface area contributed by atoms with E-state index in [0.29, 0.717) is 5.88 Å². The third-order valence-corrected chi connectivity index (χ3v) is 4.50. The van der Waals surface area contributed by atoms with E-state index >= 15 is 0 Å². The van der Waals surface area contributed by atoms with E-state index in [4.69, 9.17) is 10.5 Å². The molecule has 2 N–H and O–H groups in total. The summed E-state index contributed by atoms with van der Waals surface area (Å²) in [4.78, 5) is 8.83. The van der Waals surface area contributed by atoms with E-state index in [1.807, 2.05) is 37.5 Å². The molecule has 4 aromatic rings. The highest BCUT2D eigenvalue weighted by Crippen LogP contribution is 2.30. The van der Waals surface area contributed by atoms with Crippen LogP contribution in [0.25, 0.3) is 27.8 Å². The number of methoxy groups -OCH3 is 1. The molecule has 2 heterocycles. The Labute approximate surface area is 152 Å². The number of benzene rings is 2. The molecule has 0 bridgehead atoms. The lowest BCUT2D eigenvalue weighted by Gasteiger charge is -2.10. The molecule has 0 saturated carbocycles. The fraction of sp³-hybridized carbons (Fsp3) is 0.143. The molecule has 130 valence electrons. The first-order chi connectivity index (χ1) is 12.7. The molecule has 0 unspecified atom stereocenters. The van der Waals surface area contributed by atoms with Crippen molar-refractivity contribution in [2.24, 2.45) is 5.73 Å². The molecule has 4 rings (SSSR count). The first-order valence-corrected chi connectivity index (χ1v) is 8.50. The van der Waals surface area contributed by atoms with E-state index in [9.17, 15) is 0 Å². The highest BCUT2D eigenvalue weighted by Gasteiger charge is 2.10. The number of hydrogen-bond donors (Lipinski definition) is 1. The quantitative estimate of drug-likeness (QED) is 0.605. The lowest BCUT2D eigenvalue weighted by molar-refractivity contribution is 0.399. The second kappa shape index (κ2) is 6.61. The van der Waals surface area contributed by atoms with Gasteiger partial charge in [0.25, 0.3) is 0 Å². The molecule has 0 radical (unpaired) electrons. The highest BCUT2D eigenvalue weighted by atomic mass is 16.5. The van der Waals surface area contributed by atoms with Gasteiger partial charge in [0, 0.05) is 23.5 Å². The molecular weight excluding hydrogens is 324 g/mol. The maximum atomic E-state index is 5.98. The SMILES string of the molecule is COc1ncccc1-c1cccc(-n2cnc3cc([C@@H](C)N)ccc32)c1. The van der Waals surface area contributed by atoms with Crippen LogP contribution in [0.5, 0.6) is 5.88 Å². The Kier molecular flexibility index (Phi) is 4.14. The second-order valence-electron chi connectivity index (χ2n) is 6.26. The van der Waals surface area contributed by atoms with Gasteiger partial charge in [0.15, 0.2) is 0 Å². The fourth-order valence-electron chi connectivity index (χ4n) is 3.12. The second-order valence-corrected chi connectivity index (χ2v) is 6.26. The zero-order chi connectivity index (χ0) is 18.1. The van der Waals surface area contributed by atoms with Gasteiger partial charge in [0.05, 0.1) is 18.1 Å². The first-order valence-electron chi connectivity index (χ1n) is 8.50. The van der Waals surface area contributed by atoms with E-state index in [-0.39, 0.29) is 6.04 Å². The molecule has 0 saturated heterocycles. The van der Waals surface area contributed by atoms with Gasteiger partial charge in [-0.25, -0.2) is 9.97 Å². The number of rotatable bonds is 4. The lowest BCUT2D eigenvalue weighted by Crippen LogP contribution is -2.04. The van der Waals surface area contributed by atoms with Gasteiger partial charge in [0.2, 0.25) is 5.88 Å². The molecule has 0 aliphatic heterocycles. The van der Waals surface area contributed by atoms with Crippen LogP contribution in [0.1, 0.15) is 18.5 Å². The van der Waals surface area contributed by atoms with Crippen molar-refractivity contribution in [3.05, 3.63) is 72.7 Å². The molecule has 26 heavy (non-hydrogen) atoms. The maximum absolute atomic E-state index is 5.98. The van der Waals surface area contributed by atoms with E-state index in [1.165, 1.54) is 0 Å². The van der Waals surface area contributed by atoms with Crippen LogP contribution in [0, 0.1) is 0 Å². The van der Waals surface area contributed by atoms with Crippen molar-refractivity contribution in [1.82, 2.24) is 14.5 Å². The molecular formula is C21H20N4O. The van der Waals surface area contributed by atoms with E-state index in [2.05, 4.69) is 44.9 Å². The third kappa shape index (κ3) is 2.82. The number of ether oxygens (including phenoxy) is 1. The van der Waals surface area contributed by atoms with Gasteiger partial charge in [-0.05, 0) is 54.4 Å². The van der Waals surface area contributed by atoms with Gasteiger partial charge in [-0.15, -0.1) is 0 Å². The average molecular weight is 344 g/mol. The van der Waals surface area contributed by atoms with Crippen molar-refractivity contribution in [2.75, 3.05) is 7.11 Å². The molecule has 5 heteroatoms. The minimum Gasteiger partial charge on any atom is -0.481 e. The van der Waals surface area contributed by atoms with Crippen LogP contribution in [0.2, 0.25) is 0 Å². The summed E-state index contributed by atoms with van der Waals surface area (Å²) in [7, 11) is 1.63. The van der Waals surface area contributed by atoms with Crippen LogP contribution in [-0.4, -0.2) is 21.6 Å². The number of hydrogen-bond acceptors (Lipinski definition) is 4. The summed E-state index contributed by atoms with van der Waals surface area (Å²) < 4.78 is 7.47. The summed E-state index contributed by atoms with van der Waals surface area (Å²) in [5.74, 6) is 0.613. The number of fused-ring (bicyclic) bond motifs is 1. The predicted octanol–water partition coefficient (Wildman–Crippen LogP) is 4.12. The summed E-state index contributed by atoms with van der Waals surface area (Å²) in [6.45, 7) is 1.98. The summed E-state index contributed by atoms with van der Waals surface area (Å²) in [6, 6.07) is 18.3. The van der Waals surface area contributed by atoms with Crippen molar-refractivity contribution < 1.29 is 4.74 Å². The molecule has 2 aromatic heterocycles. The Balaban J connectivity index is 1.81. The highest BCUT2D eigenvalue weighted by molar-refractivity contribution is 5.79. The molecule has 0 aliphatic carbocycles. The van der Waals surface area contributed by atoms with Gasteiger partial charge in [0.1, 0.15) is 6.33 Å². The smallest absolute Gasteiger partial charge is 0.221 e. The standard InChI is InChI=1S/C21H20N4O/c1-14(22)15-8-9-20-19(12-15)24-13-25(20)17-6-3-5-16(11-17)18-7-4-10-23-21(18)26-2/h3-14H,22H2,1-2H3/t14-/m1/s1. The third-order valence-electron chi connectivity index (χ3n) is 4.50. The Hall–Kier alpha value is -3.18. The van der Waals surface area contributed by atoms with Crippen molar-refractivity contribution in [3.63, 3.8) is 0 Å². The zero-order valence-electron chi connectivity index (χ0n) is 14.8. The van der Waals surface area contributed by atoms with Crippen LogP contribution in [0.4, 0.5) is 0 Å². The van der Waals surface area contributed by atoms with Crippen molar-refractivity contribution in [2.45, 2.75) is 13.0 Å². The number of imidazole rings is 1. The van der Waals surface area contributed by atoms with Crippen LogP contribution in [0.15, 0.2) is 67.1 Å². The summed E-state index contributed by atoms with van der Waals surface area (Å²) >= 11 is 0. The molecule has 2 aromatic carbocycles. The van der Waals surface area contributed by atoms with Crippen LogP contribution >= 0.6 is 0 Å². The van der Waals surface area contributed by atoms with Gasteiger partial charge in [-0.1, -0.05) is 18.2 Å². The topological polar surface area (TPSA) is 66.0 Å². The molecule has 0 amide bonds. The molecule has 0 spiro atoms. The van der Waals surface area contributed by atoms with Crippen molar-refractivity contribution >= 4 is 11.0 Å². The molecule has 5 nitrogen and oxygen atoms in total. The normalized spacial score (nSPS) is 12.3. The Bertz CT molecular complexity index is 1070. The fourth-order valence-corrected chi connectivity index (χ4v) is 3.12. The van der Waals surface area contributed by atoms with Gasteiger partial charge < -0.3 is 10.5 Å². The van der Waals surface area contributed by atoms with Gasteiger partial charge in [-0.3, -0.25) is 4.57 Å². The van der Waals surface area contributed by atoms with Crippen LogP contribution in [0.3, 0.4) is 0 Å². The minimum atomic E-state index is -0.00840. The number of aromatic nitrogens is 3. The van der Waals surface area contributed by atoms with E-state index < -0.39 is 0 Å². The zero-order valence-corrected chi connectivity index (χ0v) is 14.8. The monoisotopic (exact) mass is 344 g/mol. The summed E-state index contributed by atoms with van der Waals surface area (Å²) in [6.07, 6.45) is 3.57. The number of nitrogens with two attached hydrogens (primary N) is 1. The van der Waals surface area contributed by atoms with Crippen molar-refractivity contribution in [3.8, 4) is 22.7 Å². The maximum Gasteiger partial charge on any atom is 0.221 e. The van der Waals surface area contributed by atoms with Crippen LogP contribution < -0.4 is 10.5 Å². The minimum absolute atomic E-state index is 0.00840. The molecule has 0 aliphatic rings. The summed E-state index contributed by atoms with van der Waals surface area (Å²) in [5.41, 5.74) is 12.1. The molecule has 1 atom stereocenters. The van der Waals surface area contributed by atoms with E-state index in [0.717, 1.165) is 33.4 Å². The summed E-state index contributed by atoms with van der Waals surface area (Å²) in [5, 5.41) is 0. The predicted molar refractivity (Wildman–Crippen MR) is 103 cm³/mol. The van der Waals surface area contributed by atoms with Gasteiger partial charge >= 0.3 is 0 Å². The number of pyridine rings is 1. The van der Waals surface area contributed by atoms with Crippen LogP contribution in [-0.2, 0) is 0 Å². The van der Waals surface area contributed by atoms with Crippen molar-refractivity contribution in [1.29, 1.82) is 0 Å². The number of nitrogens with zero attached hydrogens (tertiary/aromatic N) is 3. The first kappa shape index (κ1) is 16.3. The largest absolute Gasteiger partial charge is 0.481 e. The molecule has 0 fully saturated rings. The Morgan fingerprint density at radius 2 is 1.92 bits per heavy atom.